The molecule has 31 heavy (non-hydrogen) atoms. The van der Waals surface area contributed by atoms with E-state index in [0.717, 1.165) is 23.2 Å². The molecule has 0 amide bonds. The molecule has 4 N–H and O–H groups in total. The predicted molar refractivity (Wildman–Crippen MR) is 130 cm³/mol. The van der Waals surface area contributed by atoms with Crippen molar-refractivity contribution in [2.24, 2.45) is 0 Å². The van der Waals surface area contributed by atoms with Gasteiger partial charge in [-0.15, -0.1) is 0 Å². The Bertz CT molecular complexity index is 1230. The van der Waals surface area contributed by atoms with Crippen LogP contribution in [0.4, 0.5) is 11.4 Å². The Labute approximate surface area is 183 Å². The number of nitrogens with one attached hydrogen (secondary N) is 3. The van der Waals surface area contributed by atoms with Gasteiger partial charge in [0.1, 0.15) is 0 Å². The van der Waals surface area contributed by atoms with Crippen molar-refractivity contribution >= 4 is 50.4 Å². The summed E-state index contributed by atoms with van der Waals surface area (Å²) in [5.74, 6) is 0.792. The second-order valence-electron chi connectivity index (χ2n) is 7.60. The van der Waals surface area contributed by atoms with Crippen LogP contribution in [0.2, 0.25) is 0 Å². The van der Waals surface area contributed by atoms with Gasteiger partial charge in [-0.2, -0.15) is 8.42 Å². The van der Waals surface area contributed by atoms with Gasteiger partial charge in [0.05, 0.1) is 6.26 Å². The van der Waals surface area contributed by atoms with Gasteiger partial charge in [0, 0.05) is 16.8 Å². The van der Waals surface area contributed by atoms with Gasteiger partial charge in [-0.1, -0.05) is 62.4 Å². The SMILES string of the molecule is CCC(C)c1cccc(NC(=N)Nc2ccc3c4c(cccc24)C=C3)c1.CS(=O)(=O)O. The second-order valence-corrected chi connectivity index (χ2v) is 9.06. The minimum Gasteiger partial charge on any atom is -0.326 e. The zero-order valence-corrected chi connectivity index (χ0v) is 18.6. The van der Waals surface area contributed by atoms with Gasteiger partial charge in [-0.05, 0) is 52.6 Å². The summed E-state index contributed by atoms with van der Waals surface area (Å²) in [5.41, 5.74) is 5.66. The summed E-state index contributed by atoms with van der Waals surface area (Å²) in [7, 11) is -3.67. The van der Waals surface area contributed by atoms with E-state index < -0.39 is 10.1 Å². The van der Waals surface area contributed by atoms with Crippen LogP contribution in [0.5, 0.6) is 0 Å². The highest BCUT2D eigenvalue weighted by molar-refractivity contribution is 7.85. The second kappa shape index (κ2) is 9.32. The fraction of sp³-hybridized carbons (Fsp3) is 0.208. The quantitative estimate of drug-likeness (QED) is 0.184. The highest BCUT2D eigenvalue weighted by Gasteiger charge is 2.12. The lowest BCUT2D eigenvalue weighted by atomic mass is 9.98. The molecule has 1 unspecified atom stereocenters. The first-order chi connectivity index (χ1) is 14.7. The molecule has 1 atom stereocenters. The third-order valence-corrected chi connectivity index (χ3v) is 5.14. The Hall–Kier alpha value is -3.16. The van der Waals surface area contributed by atoms with Crippen molar-refractivity contribution < 1.29 is 13.0 Å². The van der Waals surface area contributed by atoms with Gasteiger partial charge >= 0.3 is 0 Å². The molecule has 1 aliphatic carbocycles. The summed E-state index contributed by atoms with van der Waals surface area (Å²) in [6.45, 7) is 4.42. The lowest BCUT2D eigenvalue weighted by molar-refractivity contribution is 0.490. The van der Waals surface area contributed by atoms with Crippen LogP contribution < -0.4 is 10.6 Å². The summed E-state index contributed by atoms with van der Waals surface area (Å²) in [6.07, 6.45) is 6.11. The molecule has 0 radical (unpaired) electrons. The summed E-state index contributed by atoms with van der Waals surface area (Å²) >= 11 is 0. The molecule has 1 aliphatic rings. The number of guanidine groups is 1. The van der Waals surface area contributed by atoms with E-state index in [9.17, 15) is 8.42 Å². The van der Waals surface area contributed by atoms with E-state index in [2.05, 4.69) is 73.0 Å². The smallest absolute Gasteiger partial charge is 0.261 e. The molecule has 0 saturated carbocycles. The number of rotatable bonds is 4. The third kappa shape index (κ3) is 5.93. The molecule has 6 nitrogen and oxygen atoms in total. The van der Waals surface area contributed by atoms with Crippen molar-refractivity contribution in [2.75, 3.05) is 16.9 Å². The average molecular weight is 438 g/mol. The van der Waals surface area contributed by atoms with Gasteiger partial charge in [-0.3, -0.25) is 9.96 Å². The minimum atomic E-state index is -3.67. The first-order valence-electron chi connectivity index (χ1n) is 10.0. The molecule has 0 saturated heterocycles. The zero-order chi connectivity index (χ0) is 22.6. The van der Waals surface area contributed by atoms with Gasteiger partial charge < -0.3 is 10.6 Å². The van der Waals surface area contributed by atoms with E-state index in [0.29, 0.717) is 12.2 Å². The summed E-state index contributed by atoms with van der Waals surface area (Å²) in [5, 5.41) is 17.1. The van der Waals surface area contributed by atoms with Crippen LogP contribution in [-0.2, 0) is 10.1 Å². The van der Waals surface area contributed by atoms with Crippen molar-refractivity contribution in [1.29, 1.82) is 5.41 Å². The standard InChI is InChI=1S/C23H23N3.CH4O3S/c1-3-15(2)18-7-4-8-19(14-18)25-23(24)26-21-13-12-17-11-10-16-6-5-9-20(21)22(16)17;1-5(2,3)4/h4-15H,3H2,1-2H3,(H3,24,25,26);1H3,(H,2,3,4). The minimum absolute atomic E-state index is 0.276. The molecule has 0 bridgehead atoms. The monoisotopic (exact) mass is 437 g/mol. The average Bonchev–Trinajstić information content (AvgIpc) is 3.13. The molecule has 0 heterocycles. The van der Waals surface area contributed by atoms with E-state index in [-0.39, 0.29) is 5.96 Å². The van der Waals surface area contributed by atoms with Gasteiger partial charge in [0.2, 0.25) is 0 Å². The molecule has 0 spiro atoms. The van der Waals surface area contributed by atoms with E-state index in [4.69, 9.17) is 9.96 Å². The van der Waals surface area contributed by atoms with Crippen molar-refractivity contribution in [3.63, 3.8) is 0 Å². The number of hydrogen-bond donors (Lipinski definition) is 4. The molecule has 0 aliphatic heterocycles. The van der Waals surface area contributed by atoms with Crippen molar-refractivity contribution in [2.45, 2.75) is 26.2 Å². The topological polar surface area (TPSA) is 102 Å². The lowest BCUT2D eigenvalue weighted by Crippen LogP contribution is -2.20. The van der Waals surface area contributed by atoms with Crippen molar-refractivity contribution in [1.82, 2.24) is 0 Å². The Morgan fingerprint density at radius 1 is 1.03 bits per heavy atom. The Kier molecular flexibility index (Phi) is 6.77. The molecule has 3 aromatic carbocycles. The molecule has 4 rings (SSSR count). The van der Waals surface area contributed by atoms with Gasteiger partial charge in [0.25, 0.3) is 10.1 Å². The molecule has 3 aromatic rings. The maximum absolute atomic E-state index is 9.19. The largest absolute Gasteiger partial charge is 0.326 e. The molecular formula is C24H27N3O3S. The normalized spacial score (nSPS) is 12.8. The highest BCUT2D eigenvalue weighted by atomic mass is 32.2. The Morgan fingerprint density at radius 3 is 2.35 bits per heavy atom. The first kappa shape index (κ1) is 22.5. The summed E-state index contributed by atoms with van der Waals surface area (Å²) in [6, 6.07) is 18.8. The number of anilines is 2. The molecule has 0 aromatic heterocycles. The van der Waals surface area contributed by atoms with Crippen LogP contribution in [0.15, 0.2) is 54.6 Å². The number of benzene rings is 3. The van der Waals surface area contributed by atoms with Crippen LogP contribution in [0.25, 0.3) is 22.9 Å². The zero-order valence-electron chi connectivity index (χ0n) is 17.8. The highest BCUT2D eigenvalue weighted by Crippen LogP contribution is 2.35. The van der Waals surface area contributed by atoms with Crippen molar-refractivity contribution in [3.8, 4) is 0 Å². The van der Waals surface area contributed by atoms with E-state index in [1.54, 1.807) is 0 Å². The molecule has 0 fully saturated rings. The van der Waals surface area contributed by atoms with Crippen LogP contribution in [0.1, 0.15) is 42.9 Å². The van der Waals surface area contributed by atoms with Crippen LogP contribution >= 0.6 is 0 Å². The van der Waals surface area contributed by atoms with E-state index in [1.165, 1.54) is 22.1 Å². The third-order valence-electron chi connectivity index (χ3n) is 5.14. The Morgan fingerprint density at radius 2 is 1.68 bits per heavy atom. The van der Waals surface area contributed by atoms with Crippen molar-refractivity contribution in [3.05, 3.63) is 71.3 Å². The molecule has 7 heteroatoms. The maximum atomic E-state index is 9.19. The van der Waals surface area contributed by atoms with Gasteiger partial charge in [-0.25, -0.2) is 0 Å². The van der Waals surface area contributed by atoms with E-state index in [1.807, 2.05) is 18.2 Å². The van der Waals surface area contributed by atoms with E-state index >= 15 is 0 Å². The lowest BCUT2D eigenvalue weighted by Gasteiger charge is -2.15. The summed E-state index contributed by atoms with van der Waals surface area (Å²) in [4.78, 5) is 0. The molecule has 162 valence electrons. The first-order valence-corrected chi connectivity index (χ1v) is 11.9. The Balaban J connectivity index is 0.000000491. The summed E-state index contributed by atoms with van der Waals surface area (Å²) < 4.78 is 25.9. The number of hydrogen-bond acceptors (Lipinski definition) is 3. The fourth-order valence-corrected chi connectivity index (χ4v) is 3.50. The fourth-order valence-electron chi connectivity index (χ4n) is 3.50. The molecular weight excluding hydrogens is 410 g/mol. The van der Waals surface area contributed by atoms with Crippen LogP contribution in [0, 0.1) is 5.41 Å². The predicted octanol–water partition coefficient (Wildman–Crippen LogP) is 5.80. The van der Waals surface area contributed by atoms with Crippen LogP contribution in [-0.4, -0.2) is 25.2 Å². The maximum Gasteiger partial charge on any atom is 0.261 e. The van der Waals surface area contributed by atoms with Crippen LogP contribution in [0.3, 0.4) is 0 Å². The van der Waals surface area contributed by atoms with Gasteiger partial charge in [0.15, 0.2) is 5.96 Å².